The first-order valence-electron chi connectivity index (χ1n) is 15.1. The van der Waals surface area contributed by atoms with Gasteiger partial charge in [-0.15, -0.1) is 0 Å². The lowest BCUT2D eigenvalue weighted by Gasteiger charge is -2.42. The second-order valence-corrected chi connectivity index (χ2v) is 12.0. The van der Waals surface area contributed by atoms with Gasteiger partial charge in [-0.3, -0.25) is 9.69 Å². The summed E-state index contributed by atoms with van der Waals surface area (Å²) in [6.07, 6.45) is 0.251. The maximum atomic E-state index is 14.0. The fraction of sp³-hybridized carbons (Fsp3) is 0.455. The average molecular weight is 602 g/mol. The summed E-state index contributed by atoms with van der Waals surface area (Å²) >= 11 is 0. The molecule has 3 aromatic rings. The monoisotopic (exact) mass is 601 g/mol. The van der Waals surface area contributed by atoms with Crippen molar-refractivity contribution in [2.75, 3.05) is 56.2 Å². The Hall–Kier alpha value is -4.30. The number of alkyl halides is 1. The molecule has 0 radical (unpaired) electrons. The third kappa shape index (κ3) is 5.78. The van der Waals surface area contributed by atoms with Crippen LogP contribution < -0.4 is 14.5 Å². The summed E-state index contributed by atoms with van der Waals surface area (Å²) in [6, 6.07) is 14.4. The van der Waals surface area contributed by atoms with E-state index < -0.39 is 23.9 Å². The van der Waals surface area contributed by atoms with Gasteiger partial charge in [0.15, 0.2) is 5.83 Å². The minimum atomic E-state index is -1.03. The number of hydrogen-bond donors (Lipinski definition) is 0. The van der Waals surface area contributed by atoms with E-state index in [9.17, 15) is 18.8 Å². The number of nitrogens with zero attached hydrogens (tertiary/aromatic N) is 7. The molecular weight excluding hydrogens is 564 g/mol. The average Bonchev–Trinajstić information content (AvgIpc) is 3.35. The lowest BCUT2D eigenvalue weighted by Crippen LogP contribution is -2.55. The zero-order chi connectivity index (χ0) is 31.0. The third-order valence-electron chi connectivity index (χ3n) is 9.10. The number of ether oxygens (including phenoxy) is 1. The van der Waals surface area contributed by atoms with Crippen LogP contribution in [0.5, 0.6) is 6.01 Å². The second kappa shape index (κ2) is 12.4. The minimum absolute atomic E-state index is 0.0543. The fourth-order valence-corrected chi connectivity index (χ4v) is 6.82. The van der Waals surface area contributed by atoms with Gasteiger partial charge >= 0.3 is 6.01 Å². The van der Waals surface area contributed by atoms with Crippen LogP contribution in [0, 0.1) is 18.3 Å². The molecule has 0 aliphatic carbocycles. The van der Waals surface area contributed by atoms with E-state index >= 15 is 0 Å². The summed E-state index contributed by atoms with van der Waals surface area (Å²) < 4.78 is 34.0. The number of aromatic nitrogens is 2. The Morgan fingerprint density at radius 1 is 1.11 bits per heavy atom. The quantitative estimate of drug-likeness (QED) is 0.370. The number of anilines is 2. The van der Waals surface area contributed by atoms with Crippen molar-refractivity contribution in [3.63, 3.8) is 0 Å². The van der Waals surface area contributed by atoms with E-state index in [1.54, 1.807) is 0 Å². The van der Waals surface area contributed by atoms with Crippen molar-refractivity contribution < 1.29 is 18.3 Å². The molecule has 0 N–H and O–H groups in total. The van der Waals surface area contributed by atoms with E-state index in [1.165, 1.54) is 21.2 Å². The summed E-state index contributed by atoms with van der Waals surface area (Å²) in [5.74, 6) is -1.12. The lowest BCUT2D eigenvalue weighted by molar-refractivity contribution is -0.131. The molecular formula is C33H37F2N7O2. The molecule has 3 aliphatic rings. The Balaban J connectivity index is 1.34. The first-order chi connectivity index (χ1) is 21.2. The number of piperazine rings is 1. The van der Waals surface area contributed by atoms with Gasteiger partial charge in [-0.2, -0.15) is 15.2 Å². The van der Waals surface area contributed by atoms with Crippen molar-refractivity contribution in [2.45, 2.75) is 51.0 Å². The number of nitriles is 1. The highest BCUT2D eigenvalue weighted by Gasteiger charge is 2.35. The van der Waals surface area contributed by atoms with Crippen LogP contribution in [0.4, 0.5) is 20.3 Å². The molecule has 4 heterocycles. The largest absolute Gasteiger partial charge is 0.462 e. The molecule has 2 fully saturated rings. The summed E-state index contributed by atoms with van der Waals surface area (Å²) in [6.45, 7) is 8.18. The highest BCUT2D eigenvalue weighted by atomic mass is 19.1. The van der Waals surface area contributed by atoms with Crippen molar-refractivity contribution in [1.82, 2.24) is 19.8 Å². The number of benzene rings is 2. The highest BCUT2D eigenvalue weighted by molar-refractivity contribution is 5.97. The molecule has 6 rings (SSSR count). The van der Waals surface area contributed by atoms with E-state index in [0.717, 1.165) is 23.5 Å². The Kier molecular flexibility index (Phi) is 8.36. The molecule has 0 spiro atoms. The number of amides is 1. The van der Waals surface area contributed by atoms with Gasteiger partial charge in [0.1, 0.15) is 18.6 Å². The van der Waals surface area contributed by atoms with Crippen LogP contribution in [0.3, 0.4) is 0 Å². The van der Waals surface area contributed by atoms with Gasteiger partial charge < -0.3 is 19.4 Å². The van der Waals surface area contributed by atoms with Crippen molar-refractivity contribution in [1.29, 1.82) is 5.26 Å². The van der Waals surface area contributed by atoms with Crippen LogP contribution in [0.1, 0.15) is 29.7 Å². The number of carbonyl (C=O) groups excluding carboxylic acids is 1. The van der Waals surface area contributed by atoms with Gasteiger partial charge in [-0.1, -0.05) is 36.9 Å². The Morgan fingerprint density at radius 3 is 2.64 bits per heavy atom. The first-order valence-corrected chi connectivity index (χ1v) is 15.1. The van der Waals surface area contributed by atoms with Crippen molar-refractivity contribution >= 4 is 28.2 Å². The van der Waals surface area contributed by atoms with Crippen molar-refractivity contribution in [3.05, 3.63) is 65.6 Å². The predicted octanol–water partition coefficient (Wildman–Crippen LogP) is 4.34. The molecule has 0 bridgehead atoms. The van der Waals surface area contributed by atoms with Gasteiger partial charge in [0.2, 0.25) is 0 Å². The van der Waals surface area contributed by atoms with Crippen LogP contribution in [0.25, 0.3) is 10.8 Å². The number of likely N-dealkylation sites (N-methyl/N-ethyl adjacent to an activating group) is 1. The first kappa shape index (κ1) is 29.8. The topological polar surface area (TPSA) is 88.8 Å². The molecule has 1 unspecified atom stereocenters. The van der Waals surface area contributed by atoms with E-state index in [4.69, 9.17) is 14.7 Å². The molecule has 9 nitrogen and oxygen atoms in total. The summed E-state index contributed by atoms with van der Waals surface area (Å²) in [5.41, 5.74) is 4.19. The summed E-state index contributed by atoms with van der Waals surface area (Å²) in [7, 11) is 1.89. The van der Waals surface area contributed by atoms with Crippen molar-refractivity contribution in [2.24, 2.45) is 0 Å². The van der Waals surface area contributed by atoms with Gasteiger partial charge in [-0.05, 0) is 43.8 Å². The normalized spacial score (nSPS) is 22.2. The van der Waals surface area contributed by atoms with E-state index in [-0.39, 0.29) is 31.6 Å². The SMILES string of the molecule is C=C(F)C(=O)N1CCN(c2nc(OC[C@@H]3C[C@@H](F)CN3C)nc3c2CCN(c2cccc4cccc(C)c24)C3)CC1CC#N. The zero-order valence-electron chi connectivity index (χ0n) is 25.2. The molecule has 2 saturated heterocycles. The smallest absolute Gasteiger partial charge is 0.318 e. The van der Waals surface area contributed by atoms with Crippen LogP contribution >= 0.6 is 0 Å². The van der Waals surface area contributed by atoms with Gasteiger partial charge in [-0.25, -0.2) is 8.78 Å². The number of rotatable bonds is 7. The molecule has 230 valence electrons. The molecule has 3 atom stereocenters. The van der Waals surface area contributed by atoms with Gasteiger partial charge in [0, 0.05) is 55.4 Å². The fourth-order valence-electron chi connectivity index (χ4n) is 6.82. The number of halogens is 2. The van der Waals surface area contributed by atoms with E-state index in [2.05, 4.69) is 65.8 Å². The molecule has 11 heteroatoms. The Bertz CT molecular complexity index is 1620. The highest BCUT2D eigenvalue weighted by Crippen LogP contribution is 2.36. The maximum absolute atomic E-state index is 14.0. The number of fused-ring (bicyclic) bond motifs is 2. The van der Waals surface area contributed by atoms with Crippen LogP contribution in [0.15, 0.2) is 48.8 Å². The predicted molar refractivity (Wildman–Crippen MR) is 165 cm³/mol. The van der Waals surface area contributed by atoms with Crippen molar-refractivity contribution in [3.8, 4) is 12.1 Å². The van der Waals surface area contributed by atoms with Crippen LogP contribution in [-0.2, 0) is 17.8 Å². The Morgan fingerprint density at radius 2 is 1.91 bits per heavy atom. The zero-order valence-corrected chi connectivity index (χ0v) is 25.2. The van der Waals surface area contributed by atoms with E-state index in [0.29, 0.717) is 44.8 Å². The number of aryl methyl sites for hydroxylation is 1. The minimum Gasteiger partial charge on any atom is -0.462 e. The number of hydrogen-bond acceptors (Lipinski definition) is 8. The summed E-state index contributed by atoms with van der Waals surface area (Å²) in [4.78, 5) is 30.0. The molecule has 1 aromatic heterocycles. The standard InChI is InChI=1S/C33H37F2N7O2/c1-21-6-4-7-23-8-5-9-29(30(21)23)40-13-11-27-28(19-40)37-33(44-20-26-16-24(35)17-39(26)3)38-31(27)41-14-15-42(32(43)22(2)34)25(18-41)10-12-36/h4-9,24-26H,2,10-11,13-20H2,1,3H3/t24-,25?,26+/m1/s1. The number of likely N-dealkylation sites (tertiary alicyclic amines) is 1. The third-order valence-corrected chi connectivity index (χ3v) is 9.10. The summed E-state index contributed by atoms with van der Waals surface area (Å²) in [5, 5.41) is 11.9. The molecule has 2 aromatic carbocycles. The number of carbonyl (C=O) groups is 1. The maximum Gasteiger partial charge on any atom is 0.318 e. The molecule has 1 amide bonds. The van der Waals surface area contributed by atoms with E-state index in [1.807, 2.05) is 11.9 Å². The molecule has 0 saturated carbocycles. The van der Waals surface area contributed by atoms with Gasteiger partial charge in [0.25, 0.3) is 5.91 Å². The van der Waals surface area contributed by atoms with Crippen LogP contribution in [-0.4, -0.2) is 90.3 Å². The Labute approximate surface area is 256 Å². The molecule has 3 aliphatic heterocycles. The van der Waals surface area contributed by atoms with Gasteiger partial charge in [0.05, 0.1) is 30.8 Å². The van der Waals surface area contributed by atoms with Crippen LogP contribution in [0.2, 0.25) is 0 Å². The second-order valence-electron chi connectivity index (χ2n) is 12.0. The molecule has 44 heavy (non-hydrogen) atoms. The lowest BCUT2D eigenvalue weighted by atomic mass is 9.99.